The fourth-order valence-electron chi connectivity index (χ4n) is 3.05. The molecule has 0 unspecified atom stereocenters. The number of likely N-dealkylation sites (N-methyl/N-ethyl adjacent to an activating group) is 1. The van der Waals surface area contributed by atoms with E-state index < -0.39 is 0 Å². The minimum atomic E-state index is -0.369. The molecule has 0 saturated heterocycles. The molecule has 1 aromatic carbocycles. The maximum atomic E-state index is 12.5. The summed E-state index contributed by atoms with van der Waals surface area (Å²) >= 11 is 3.41. The predicted octanol–water partition coefficient (Wildman–Crippen LogP) is 3.28. The number of methoxy groups -OCH3 is 1. The zero-order chi connectivity index (χ0) is 21.4. The van der Waals surface area contributed by atoms with E-state index in [0.29, 0.717) is 21.5 Å². The van der Waals surface area contributed by atoms with Crippen LogP contribution in [0.4, 0.5) is 0 Å². The molecule has 0 bridgehead atoms. The van der Waals surface area contributed by atoms with E-state index in [1.54, 1.807) is 26.2 Å². The van der Waals surface area contributed by atoms with Crippen LogP contribution in [0.3, 0.4) is 0 Å². The molecular weight excluding hydrogens is 438 g/mol. The molecular formula is C21H26BrN3O4. The number of hydrogen-bond acceptors (Lipinski definition) is 5. The Morgan fingerprint density at radius 2 is 2.00 bits per heavy atom. The van der Waals surface area contributed by atoms with Gasteiger partial charge in [0, 0.05) is 20.1 Å². The monoisotopic (exact) mass is 463 g/mol. The molecule has 1 aliphatic rings. The van der Waals surface area contributed by atoms with Crippen molar-refractivity contribution < 1.29 is 19.1 Å². The van der Waals surface area contributed by atoms with Crippen molar-refractivity contribution in [3.05, 3.63) is 27.7 Å². The molecule has 2 amide bonds. The number of carbonyl (C=O) groups excluding carboxylic acids is 2. The second-order valence-electron chi connectivity index (χ2n) is 7.09. The van der Waals surface area contributed by atoms with E-state index in [9.17, 15) is 14.9 Å². The number of benzene rings is 1. The van der Waals surface area contributed by atoms with Gasteiger partial charge in [0.25, 0.3) is 11.8 Å². The van der Waals surface area contributed by atoms with E-state index in [0.717, 1.165) is 25.7 Å². The van der Waals surface area contributed by atoms with Crippen LogP contribution in [-0.2, 0) is 9.59 Å². The van der Waals surface area contributed by atoms with Crippen LogP contribution in [0.1, 0.15) is 37.7 Å². The van der Waals surface area contributed by atoms with Gasteiger partial charge < -0.3 is 19.7 Å². The van der Waals surface area contributed by atoms with Crippen molar-refractivity contribution in [2.24, 2.45) is 0 Å². The number of nitrogens with zero attached hydrogens (tertiary/aromatic N) is 2. The van der Waals surface area contributed by atoms with Gasteiger partial charge in [-0.1, -0.05) is 19.3 Å². The van der Waals surface area contributed by atoms with Gasteiger partial charge in [-0.3, -0.25) is 9.59 Å². The van der Waals surface area contributed by atoms with Crippen molar-refractivity contribution in [3.8, 4) is 17.6 Å². The molecule has 1 aliphatic carbocycles. The molecule has 1 saturated carbocycles. The van der Waals surface area contributed by atoms with Gasteiger partial charge in [0.05, 0.1) is 11.6 Å². The molecule has 0 aliphatic heterocycles. The number of ether oxygens (including phenoxy) is 2. The molecule has 29 heavy (non-hydrogen) atoms. The molecule has 156 valence electrons. The van der Waals surface area contributed by atoms with Crippen LogP contribution in [0, 0.1) is 11.3 Å². The Morgan fingerprint density at radius 3 is 2.59 bits per heavy atom. The minimum Gasteiger partial charge on any atom is -0.493 e. The van der Waals surface area contributed by atoms with Gasteiger partial charge in [0.15, 0.2) is 18.1 Å². The van der Waals surface area contributed by atoms with Gasteiger partial charge in [0.2, 0.25) is 0 Å². The summed E-state index contributed by atoms with van der Waals surface area (Å²) in [6.45, 7) is -0.135. The fraction of sp³-hybridized carbons (Fsp3) is 0.476. The summed E-state index contributed by atoms with van der Waals surface area (Å²) in [6.07, 6.45) is 6.79. The molecule has 1 N–H and O–H groups in total. The van der Waals surface area contributed by atoms with Gasteiger partial charge in [-0.25, -0.2) is 0 Å². The molecule has 0 heterocycles. The van der Waals surface area contributed by atoms with Crippen LogP contribution in [0.5, 0.6) is 11.5 Å². The highest BCUT2D eigenvalue weighted by Gasteiger charge is 2.19. The summed E-state index contributed by atoms with van der Waals surface area (Å²) in [5.74, 6) is 0.215. The zero-order valence-corrected chi connectivity index (χ0v) is 18.5. The van der Waals surface area contributed by atoms with E-state index in [4.69, 9.17) is 9.47 Å². The lowest BCUT2D eigenvalue weighted by atomic mass is 9.95. The summed E-state index contributed by atoms with van der Waals surface area (Å²) in [7, 11) is 4.78. The number of hydrogen-bond donors (Lipinski definition) is 1. The first-order valence-corrected chi connectivity index (χ1v) is 10.3. The summed E-state index contributed by atoms with van der Waals surface area (Å²) in [6, 6.07) is 5.47. The third-order valence-electron chi connectivity index (χ3n) is 4.71. The number of amides is 2. The van der Waals surface area contributed by atoms with E-state index in [2.05, 4.69) is 21.2 Å². The minimum absolute atomic E-state index is 0.0287. The van der Waals surface area contributed by atoms with E-state index in [-0.39, 0.29) is 30.0 Å². The average molecular weight is 464 g/mol. The average Bonchev–Trinajstić information content (AvgIpc) is 2.71. The highest BCUT2D eigenvalue weighted by Crippen LogP contribution is 2.37. The van der Waals surface area contributed by atoms with Gasteiger partial charge in [-0.05, 0) is 52.5 Å². The molecule has 0 radical (unpaired) electrons. The van der Waals surface area contributed by atoms with Crippen LogP contribution >= 0.6 is 15.9 Å². The summed E-state index contributed by atoms with van der Waals surface area (Å²) in [5.41, 5.74) is 0.635. The van der Waals surface area contributed by atoms with Crippen molar-refractivity contribution in [1.82, 2.24) is 10.2 Å². The Kier molecular flexibility index (Phi) is 8.52. The van der Waals surface area contributed by atoms with Gasteiger partial charge in [-0.15, -0.1) is 0 Å². The lowest BCUT2D eigenvalue weighted by molar-refractivity contribution is -0.130. The summed E-state index contributed by atoms with van der Waals surface area (Å²) in [4.78, 5) is 25.7. The van der Waals surface area contributed by atoms with Gasteiger partial charge in [-0.2, -0.15) is 5.26 Å². The van der Waals surface area contributed by atoms with E-state index >= 15 is 0 Å². The molecule has 1 fully saturated rings. The van der Waals surface area contributed by atoms with Crippen molar-refractivity contribution in [3.63, 3.8) is 0 Å². The molecule has 2 rings (SSSR count). The van der Waals surface area contributed by atoms with Crippen molar-refractivity contribution in [2.45, 2.75) is 38.1 Å². The van der Waals surface area contributed by atoms with Crippen LogP contribution < -0.4 is 14.8 Å². The van der Waals surface area contributed by atoms with Crippen molar-refractivity contribution in [2.75, 3.05) is 27.8 Å². The van der Waals surface area contributed by atoms with Crippen molar-refractivity contribution >= 4 is 33.8 Å². The number of halogens is 1. The van der Waals surface area contributed by atoms with Gasteiger partial charge in [0.1, 0.15) is 11.6 Å². The molecule has 0 aromatic heterocycles. The predicted molar refractivity (Wildman–Crippen MR) is 113 cm³/mol. The Balaban J connectivity index is 2.19. The number of nitrogens with one attached hydrogen (secondary N) is 1. The third-order valence-corrected chi connectivity index (χ3v) is 5.30. The Morgan fingerprint density at radius 1 is 1.31 bits per heavy atom. The molecule has 0 atom stereocenters. The maximum absolute atomic E-state index is 12.5. The lowest BCUT2D eigenvalue weighted by Crippen LogP contribution is -2.36. The molecule has 7 nitrogen and oxygen atoms in total. The number of nitriles is 1. The molecule has 1 aromatic rings. The highest BCUT2D eigenvalue weighted by molar-refractivity contribution is 9.10. The Hall–Kier alpha value is -2.53. The van der Waals surface area contributed by atoms with E-state index in [1.807, 2.05) is 6.07 Å². The first-order chi connectivity index (χ1) is 13.8. The highest BCUT2D eigenvalue weighted by atomic mass is 79.9. The summed E-state index contributed by atoms with van der Waals surface area (Å²) in [5, 5.41) is 12.4. The van der Waals surface area contributed by atoms with Crippen LogP contribution in [-0.4, -0.2) is 50.6 Å². The SMILES string of the molecule is COc1cc(/C=C(\C#N)C(=O)NC2CCCCC2)cc(Br)c1OCC(=O)N(C)C. The smallest absolute Gasteiger partial charge is 0.262 e. The maximum Gasteiger partial charge on any atom is 0.262 e. The quantitative estimate of drug-likeness (QED) is 0.494. The second kappa shape index (κ2) is 10.9. The molecule has 0 spiro atoms. The lowest BCUT2D eigenvalue weighted by Gasteiger charge is -2.22. The van der Waals surface area contributed by atoms with E-state index in [1.165, 1.54) is 24.5 Å². The largest absolute Gasteiger partial charge is 0.493 e. The van der Waals surface area contributed by atoms with Crippen LogP contribution in [0.2, 0.25) is 0 Å². The summed E-state index contributed by atoms with van der Waals surface area (Å²) < 4.78 is 11.5. The third kappa shape index (κ3) is 6.50. The fourth-order valence-corrected chi connectivity index (χ4v) is 3.63. The molecule has 8 heteroatoms. The first kappa shape index (κ1) is 22.8. The normalized spacial score (nSPS) is 14.7. The van der Waals surface area contributed by atoms with Crippen LogP contribution in [0.25, 0.3) is 6.08 Å². The Bertz CT molecular complexity index is 824. The van der Waals surface area contributed by atoms with Gasteiger partial charge >= 0.3 is 0 Å². The van der Waals surface area contributed by atoms with Crippen molar-refractivity contribution in [1.29, 1.82) is 5.26 Å². The van der Waals surface area contributed by atoms with Crippen LogP contribution in [0.15, 0.2) is 22.2 Å². The standard InChI is InChI=1S/C21H26BrN3O4/c1-25(2)19(26)13-29-20-17(22)10-14(11-18(20)28-3)9-15(12-23)21(27)24-16-7-5-4-6-8-16/h9-11,16H,4-8,13H2,1-3H3,(H,24,27)/b15-9+. The number of rotatable bonds is 7. The number of carbonyl (C=O) groups is 2. The topological polar surface area (TPSA) is 91.7 Å². The second-order valence-corrected chi connectivity index (χ2v) is 7.94. The first-order valence-electron chi connectivity index (χ1n) is 9.48. The Labute approximate surface area is 179 Å². The zero-order valence-electron chi connectivity index (χ0n) is 17.0.